The van der Waals surface area contributed by atoms with Gasteiger partial charge in [-0.1, -0.05) is 0 Å². The lowest BCUT2D eigenvalue weighted by Crippen LogP contribution is -2.42. The second-order valence-corrected chi connectivity index (χ2v) is 7.74. The zero-order valence-corrected chi connectivity index (χ0v) is 16.0. The summed E-state index contributed by atoms with van der Waals surface area (Å²) in [7, 11) is 0. The molecule has 140 valence electrons. The summed E-state index contributed by atoms with van der Waals surface area (Å²) in [6.45, 7) is 9.12. The van der Waals surface area contributed by atoms with E-state index < -0.39 is 11.7 Å². The molecule has 0 bridgehead atoms. The molecule has 1 N–H and O–H groups in total. The van der Waals surface area contributed by atoms with Crippen molar-refractivity contribution < 1.29 is 14.3 Å². The number of anilines is 1. The van der Waals surface area contributed by atoms with Crippen LogP contribution in [0, 0.1) is 17.2 Å². The maximum absolute atomic E-state index is 12.0. The number of nitrogens with one attached hydrogen (secondary N) is 1. The van der Waals surface area contributed by atoms with Crippen molar-refractivity contribution in [2.75, 3.05) is 24.5 Å². The molecule has 1 fully saturated rings. The standard InChI is InChI=1S/C20H27N3O3/c1-14(24)17-8-7-15(11-21)10-18(17)23-9-5-6-16(13-23)12-22-19(25)26-20(2,3)4/h7-8,10,16H,5-6,9,12-13H2,1-4H3,(H,22,25). The lowest BCUT2D eigenvalue weighted by Gasteiger charge is -2.35. The molecule has 2 rings (SSSR count). The van der Waals surface area contributed by atoms with Crippen molar-refractivity contribution in [2.45, 2.75) is 46.1 Å². The Labute approximate surface area is 155 Å². The first-order chi connectivity index (χ1) is 12.2. The summed E-state index contributed by atoms with van der Waals surface area (Å²) in [6.07, 6.45) is 1.56. The van der Waals surface area contributed by atoms with Crippen molar-refractivity contribution >= 4 is 17.6 Å². The number of amides is 1. The van der Waals surface area contributed by atoms with Crippen molar-refractivity contribution in [1.82, 2.24) is 5.32 Å². The maximum Gasteiger partial charge on any atom is 0.407 e. The van der Waals surface area contributed by atoms with Gasteiger partial charge in [-0.2, -0.15) is 5.26 Å². The Kier molecular flexibility index (Phi) is 6.25. The van der Waals surface area contributed by atoms with E-state index in [4.69, 9.17) is 10.00 Å². The van der Waals surface area contributed by atoms with Crippen LogP contribution in [0.1, 0.15) is 56.5 Å². The molecule has 1 aromatic carbocycles. The van der Waals surface area contributed by atoms with E-state index in [1.54, 1.807) is 18.2 Å². The van der Waals surface area contributed by atoms with Crippen LogP contribution < -0.4 is 10.2 Å². The molecule has 1 aromatic rings. The molecule has 0 aliphatic carbocycles. The maximum atomic E-state index is 12.0. The molecule has 1 aliphatic heterocycles. The Morgan fingerprint density at radius 3 is 2.73 bits per heavy atom. The number of piperidine rings is 1. The minimum Gasteiger partial charge on any atom is -0.444 e. The molecule has 1 heterocycles. The molecule has 1 aliphatic rings. The molecule has 1 unspecified atom stereocenters. The Balaban J connectivity index is 2.05. The summed E-state index contributed by atoms with van der Waals surface area (Å²) in [5.41, 5.74) is 1.46. The highest BCUT2D eigenvalue weighted by Crippen LogP contribution is 2.28. The fourth-order valence-electron chi connectivity index (χ4n) is 3.15. The highest BCUT2D eigenvalue weighted by atomic mass is 16.6. The predicted molar refractivity (Wildman–Crippen MR) is 100 cm³/mol. The summed E-state index contributed by atoms with van der Waals surface area (Å²) in [5, 5.41) is 12.0. The van der Waals surface area contributed by atoms with Crippen LogP contribution in [0.3, 0.4) is 0 Å². The van der Waals surface area contributed by atoms with Crippen molar-refractivity contribution in [1.29, 1.82) is 5.26 Å². The van der Waals surface area contributed by atoms with Crippen LogP contribution in [0.2, 0.25) is 0 Å². The minimum atomic E-state index is -0.517. The van der Waals surface area contributed by atoms with Crippen LogP contribution >= 0.6 is 0 Å². The number of ketones is 1. The molecule has 1 atom stereocenters. The fraction of sp³-hybridized carbons (Fsp3) is 0.550. The molecular weight excluding hydrogens is 330 g/mol. The number of carbonyl (C=O) groups excluding carboxylic acids is 2. The van der Waals surface area contributed by atoms with Gasteiger partial charge in [0, 0.05) is 30.9 Å². The van der Waals surface area contributed by atoms with E-state index in [9.17, 15) is 9.59 Å². The van der Waals surface area contributed by atoms with Gasteiger partial charge in [0.25, 0.3) is 0 Å². The van der Waals surface area contributed by atoms with Gasteiger partial charge in [-0.15, -0.1) is 0 Å². The topological polar surface area (TPSA) is 82.4 Å². The van der Waals surface area contributed by atoms with Crippen LogP contribution in [0.4, 0.5) is 10.5 Å². The van der Waals surface area contributed by atoms with Gasteiger partial charge in [0.15, 0.2) is 5.78 Å². The quantitative estimate of drug-likeness (QED) is 0.834. The lowest BCUT2D eigenvalue weighted by atomic mass is 9.96. The van der Waals surface area contributed by atoms with Crippen molar-refractivity contribution in [3.63, 3.8) is 0 Å². The summed E-state index contributed by atoms with van der Waals surface area (Å²) < 4.78 is 5.28. The first-order valence-corrected chi connectivity index (χ1v) is 8.96. The molecule has 1 amide bonds. The zero-order valence-electron chi connectivity index (χ0n) is 16.0. The van der Waals surface area contributed by atoms with Crippen molar-refractivity contribution in [3.05, 3.63) is 29.3 Å². The van der Waals surface area contributed by atoms with E-state index in [-0.39, 0.29) is 11.7 Å². The number of nitriles is 1. The Hall–Kier alpha value is -2.55. The average Bonchev–Trinajstić information content (AvgIpc) is 2.58. The SMILES string of the molecule is CC(=O)c1ccc(C#N)cc1N1CCCC(CNC(=O)OC(C)(C)C)C1. The zero-order chi connectivity index (χ0) is 19.3. The monoisotopic (exact) mass is 357 g/mol. The van der Waals surface area contributed by atoms with Crippen molar-refractivity contribution in [3.8, 4) is 6.07 Å². The normalized spacial score (nSPS) is 17.3. The van der Waals surface area contributed by atoms with Gasteiger partial charge in [0.2, 0.25) is 0 Å². The number of hydrogen-bond acceptors (Lipinski definition) is 5. The second kappa shape index (κ2) is 8.22. The number of nitrogens with zero attached hydrogens (tertiary/aromatic N) is 2. The Bertz CT molecular complexity index is 716. The first kappa shape index (κ1) is 19.8. The largest absolute Gasteiger partial charge is 0.444 e. The summed E-state index contributed by atoms with van der Waals surface area (Å²) >= 11 is 0. The van der Waals surface area contributed by atoms with E-state index in [1.807, 2.05) is 20.8 Å². The van der Waals surface area contributed by atoms with Gasteiger partial charge in [-0.25, -0.2) is 4.79 Å². The summed E-state index contributed by atoms with van der Waals surface area (Å²) in [4.78, 5) is 25.9. The van der Waals surface area contributed by atoms with Gasteiger partial charge in [0.1, 0.15) is 5.60 Å². The highest BCUT2D eigenvalue weighted by Gasteiger charge is 2.24. The fourth-order valence-corrected chi connectivity index (χ4v) is 3.15. The molecule has 0 radical (unpaired) electrons. The number of carbonyl (C=O) groups is 2. The third kappa shape index (κ3) is 5.48. The average molecular weight is 357 g/mol. The Morgan fingerprint density at radius 2 is 2.12 bits per heavy atom. The molecule has 0 saturated carbocycles. The number of rotatable bonds is 4. The molecule has 26 heavy (non-hydrogen) atoms. The van der Waals surface area contributed by atoms with E-state index >= 15 is 0 Å². The minimum absolute atomic E-state index is 0.0153. The Morgan fingerprint density at radius 1 is 1.38 bits per heavy atom. The molecule has 0 spiro atoms. The van der Waals surface area contributed by atoms with Crippen LogP contribution in [0.5, 0.6) is 0 Å². The van der Waals surface area contributed by atoms with Gasteiger partial charge < -0.3 is 15.0 Å². The van der Waals surface area contributed by atoms with Crippen LogP contribution in [-0.4, -0.2) is 37.1 Å². The smallest absolute Gasteiger partial charge is 0.407 e. The summed E-state index contributed by atoms with van der Waals surface area (Å²) in [5.74, 6) is 0.250. The van der Waals surface area contributed by atoms with Crippen LogP contribution in [0.15, 0.2) is 18.2 Å². The molecule has 0 aromatic heterocycles. The molecule has 6 nitrogen and oxygen atoms in total. The van der Waals surface area contributed by atoms with Crippen LogP contribution in [0.25, 0.3) is 0 Å². The number of ether oxygens (including phenoxy) is 1. The number of hydrogen-bond donors (Lipinski definition) is 1. The lowest BCUT2D eigenvalue weighted by molar-refractivity contribution is 0.0517. The van der Waals surface area contributed by atoms with E-state index in [0.29, 0.717) is 17.7 Å². The molecular formula is C20H27N3O3. The number of alkyl carbamates (subject to hydrolysis) is 1. The third-order valence-corrected chi connectivity index (χ3v) is 4.30. The number of Topliss-reactive ketones (excluding diaryl/α,β-unsaturated/α-hetero) is 1. The summed E-state index contributed by atoms with van der Waals surface area (Å²) in [6, 6.07) is 7.31. The van der Waals surface area contributed by atoms with Gasteiger partial charge in [-0.3, -0.25) is 4.79 Å². The second-order valence-electron chi connectivity index (χ2n) is 7.74. The predicted octanol–water partition coefficient (Wildman–Crippen LogP) is 3.50. The van der Waals surface area contributed by atoms with Gasteiger partial charge in [0.05, 0.1) is 11.6 Å². The molecule has 1 saturated heterocycles. The highest BCUT2D eigenvalue weighted by molar-refractivity contribution is 6.00. The van der Waals surface area contributed by atoms with E-state index in [0.717, 1.165) is 31.6 Å². The van der Waals surface area contributed by atoms with Crippen molar-refractivity contribution in [2.24, 2.45) is 5.92 Å². The van der Waals surface area contributed by atoms with Crippen LogP contribution in [-0.2, 0) is 4.74 Å². The van der Waals surface area contributed by atoms with E-state index in [1.165, 1.54) is 6.92 Å². The van der Waals surface area contributed by atoms with Gasteiger partial charge >= 0.3 is 6.09 Å². The third-order valence-electron chi connectivity index (χ3n) is 4.30. The van der Waals surface area contributed by atoms with E-state index in [2.05, 4.69) is 16.3 Å². The first-order valence-electron chi connectivity index (χ1n) is 8.96. The molecule has 6 heteroatoms. The number of benzene rings is 1. The van der Waals surface area contributed by atoms with Gasteiger partial charge in [-0.05, 0) is 64.7 Å².